The topological polar surface area (TPSA) is 102 Å². The summed E-state index contributed by atoms with van der Waals surface area (Å²) in [5.41, 5.74) is -0.775. The van der Waals surface area contributed by atoms with Crippen LogP contribution in [0, 0.1) is 10.1 Å². The molecule has 1 aliphatic heterocycles. The summed E-state index contributed by atoms with van der Waals surface area (Å²) in [7, 11) is 0. The number of ether oxygens (including phenoxy) is 1. The van der Waals surface area contributed by atoms with Crippen molar-refractivity contribution in [2.24, 2.45) is 0 Å². The maximum absolute atomic E-state index is 10.7. The molecule has 7 nitrogen and oxygen atoms in total. The van der Waals surface area contributed by atoms with Gasteiger partial charge in [-0.2, -0.15) is 0 Å². The van der Waals surface area contributed by atoms with Gasteiger partial charge in [0, 0.05) is 25.2 Å². The number of carboxylic acid groups (broad SMARTS) is 1. The summed E-state index contributed by atoms with van der Waals surface area (Å²) >= 11 is 0. The van der Waals surface area contributed by atoms with Gasteiger partial charge >= 0.3 is 5.97 Å². The third kappa shape index (κ3) is 2.57. The van der Waals surface area contributed by atoms with Gasteiger partial charge in [0.25, 0.3) is 5.69 Å². The minimum atomic E-state index is -0.932. The summed E-state index contributed by atoms with van der Waals surface area (Å²) in [6.07, 6.45) is -0.100. The van der Waals surface area contributed by atoms with Gasteiger partial charge in [0.2, 0.25) is 0 Å². The van der Waals surface area contributed by atoms with E-state index in [-0.39, 0.29) is 12.1 Å². The number of hydrogen-bond acceptors (Lipinski definition) is 5. The van der Waals surface area contributed by atoms with Gasteiger partial charge in [-0.15, -0.1) is 0 Å². The van der Waals surface area contributed by atoms with Crippen LogP contribution in [0.1, 0.15) is 6.42 Å². The van der Waals surface area contributed by atoms with Crippen LogP contribution in [0.15, 0.2) is 24.3 Å². The van der Waals surface area contributed by atoms with Crippen LogP contribution in [-0.4, -0.2) is 34.7 Å². The fraction of sp³-hybridized carbons (Fsp3) is 0.364. The van der Waals surface area contributed by atoms with Crippen LogP contribution in [0.5, 0.6) is 5.75 Å². The molecular formula is C11H12N2O5. The van der Waals surface area contributed by atoms with Gasteiger partial charge in [-0.3, -0.25) is 14.9 Å². The van der Waals surface area contributed by atoms with Gasteiger partial charge < -0.3 is 15.2 Å². The second-order valence-corrected chi connectivity index (χ2v) is 4.21. The van der Waals surface area contributed by atoms with E-state index in [0.29, 0.717) is 18.8 Å². The number of nitrogens with one attached hydrogen (secondary N) is 1. The highest BCUT2D eigenvalue weighted by atomic mass is 16.6. The highest BCUT2D eigenvalue weighted by Crippen LogP contribution is 2.26. The van der Waals surface area contributed by atoms with Crippen molar-refractivity contribution in [1.82, 2.24) is 5.32 Å². The van der Waals surface area contributed by atoms with Gasteiger partial charge in [0.1, 0.15) is 11.4 Å². The fourth-order valence-electron chi connectivity index (χ4n) is 1.80. The Morgan fingerprint density at radius 1 is 1.44 bits per heavy atom. The second kappa shape index (κ2) is 4.61. The molecule has 1 aliphatic rings. The molecule has 0 spiro atoms. The zero-order valence-corrected chi connectivity index (χ0v) is 9.46. The van der Waals surface area contributed by atoms with Crippen molar-refractivity contribution in [2.45, 2.75) is 12.0 Å². The Labute approximate surface area is 103 Å². The molecule has 2 rings (SSSR count). The van der Waals surface area contributed by atoms with Gasteiger partial charge in [-0.05, 0) is 12.1 Å². The number of nitro groups is 1. The zero-order chi connectivity index (χ0) is 13.2. The number of carboxylic acids is 1. The average molecular weight is 252 g/mol. The number of nitrogens with zero attached hydrogens (tertiary/aromatic N) is 1. The van der Waals surface area contributed by atoms with E-state index < -0.39 is 16.5 Å². The van der Waals surface area contributed by atoms with E-state index in [1.54, 1.807) is 0 Å². The summed E-state index contributed by atoms with van der Waals surface area (Å²) in [6.45, 7) is 0.909. The number of nitro benzene ring substituents is 1. The lowest BCUT2D eigenvalue weighted by atomic mass is 9.92. The molecule has 0 radical (unpaired) electrons. The third-order valence-corrected chi connectivity index (χ3v) is 2.75. The van der Waals surface area contributed by atoms with E-state index in [2.05, 4.69) is 5.32 Å². The molecule has 0 aromatic heterocycles. The van der Waals surface area contributed by atoms with Crippen LogP contribution in [0.4, 0.5) is 5.69 Å². The standard InChI is InChI=1S/C11H12N2O5/c14-10(15)5-11(6-12-7-11)18-9-3-1-8(2-4-9)13(16)17/h1-4,12H,5-7H2,(H,14,15). The predicted octanol–water partition coefficient (Wildman–Crippen LogP) is 0.790. The van der Waals surface area contributed by atoms with Crippen molar-refractivity contribution >= 4 is 11.7 Å². The molecule has 1 heterocycles. The second-order valence-electron chi connectivity index (χ2n) is 4.21. The van der Waals surface area contributed by atoms with Crippen LogP contribution in [0.25, 0.3) is 0 Å². The Bertz CT molecular complexity index is 467. The van der Waals surface area contributed by atoms with E-state index in [1.165, 1.54) is 24.3 Å². The summed E-state index contributed by atoms with van der Waals surface area (Å²) in [5, 5.41) is 22.3. The minimum Gasteiger partial charge on any atom is -0.484 e. The predicted molar refractivity (Wildman–Crippen MR) is 61.6 cm³/mol. The number of non-ortho nitro benzene ring substituents is 1. The highest BCUT2D eigenvalue weighted by Gasteiger charge is 2.41. The fourth-order valence-corrected chi connectivity index (χ4v) is 1.80. The smallest absolute Gasteiger partial charge is 0.307 e. The Kier molecular flexibility index (Phi) is 3.15. The van der Waals surface area contributed by atoms with Gasteiger partial charge in [-0.25, -0.2) is 0 Å². The van der Waals surface area contributed by atoms with E-state index >= 15 is 0 Å². The largest absolute Gasteiger partial charge is 0.484 e. The molecule has 0 saturated carbocycles. The van der Waals surface area contributed by atoms with Crippen molar-refractivity contribution < 1.29 is 19.6 Å². The molecule has 0 unspecified atom stereocenters. The number of aliphatic carboxylic acids is 1. The monoisotopic (exact) mass is 252 g/mol. The first-order chi connectivity index (χ1) is 8.51. The minimum absolute atomic E-state index is 0.0265. The molecule has 0 amide bonds. The summed E-state index contributed by atoms with van der Waals surface area (Å²) < 4.78 is 5.62. The maximum atomic E-state index is 10.7. The first kappa shape index (κ1) is 12.3. The molecule has 1 fully saturated rings. The van der Waals surface area contributed by atoms with E-state index in [0.717, 1.165) is 0 Å². The molecule has 0 aliphatic carbocycles. The molecule has 96 valence electrons. The van der Waals surface area contributed by atoms with Crippen LogP contribution in [-0.2, 0) is 4.79 Å². The van der Waals surface area contributed by atoms with Crippen molar-refractivity contribution in [3.8, 4) is 5.75 Å². The zero-order valence-electron chi connectivity index (χ0n) is 9.46. The van der Waals surface area contributed by atoms with Crippen molar-refractivity contribution in [1.29, 1.82) is 0 Å². The number of rotatable bonds is 5. The van der Waals surface area contributed by atoms with Crippen LogP contribution in [0.2, 0.25) is 0 Å². The first-order valence-electron chi connectivity index (χ1n) is 5.37. The number of benzene rings is 1. The Morgan fingerprint density at radius 3 is 2.44 bits per heavy atom. The normalized spacial score (nSPS) is 16.7. The number of hydrogen-bond donors (Lipinski definition) is 2. The molecule has 1 aromatic carbocycles. The van der Waals surface area contributed by atoms with Crippen LogP contribution in [0.3, 0.4) is 0 Å². The van der Waals surface area contributed by atoms with Crippen LogP contribution >= 0.6 is 0 Å². The summed E-state index contributed by atoms with van der Waals surface area (Å²) in [6, 6.07) is 5.60. The van der Waals surface area contributed by atoms with Gasteiger partial charge in [0.15, 0.2) is 0 Å². The van der Waals surface area contributed by atoms with E-state index in [9.17, 15) is 14.9 Å². The Hall–Kier alpha value is -2.15. The molecule has 1 saturated heterocycles. The lowest BCUT2D eigenvalue weighted by Crippen LogP contribution is -2.64. The molecular weight excluding hydrogens is 240 g/mol. The first-order valence-corrected chi connectivity index (χ1v) is 5.37. The Morgan fingerprint density at radius 2 is 2.06 bits per heavy atom. The molecule has 0 bridgehead atoms. The van der Waals surface area contributed by atoms with Crippen LogP contribution < -0.4 is 10.1 Å². The number of carbonyl (C=O) groups is 1. The third-order valence-electron chi connectivity index (χ3n) is 2.75. The van der Waals surface area contributed by atoms with Gasteiger partial charge in [0.05, 0.1) is 11.3 Å². The highest BCUT2D eigenvalue weighted by molar-refractivity contribution is 5.68. The molecule has 7 heteroatoms. The van der Waals surface area contributed by atoms with Crippen molar-refractivity contribution in [3.05, 3.63) is 34.4 Å². The SMILES string of the molecule is O=C(O)CC1(Oc2ccc([N+](=O)[O-])cc2)CNC1. The summed E-state index contributed by atoms with van der Waals surface area (Å²) in [5.74, 6) is -0.498. The van der Waals surface area contributed by atoms with E-state index in [4.69, 9.17) is 9.84 Å². The molecule has 1 aromatic rings. The van der Waals surface area contributed by atoms with Crippen molar-refractivity contribution in [2.75, 3.05) is 13.1 Å². The van der Waals surface area contributed by atoms with Gasteiger partial charge in [-0.1, -0.05) is 0 Å². The lowest BCUT2D eigenvalue weighted by molar-refractivity contribution is -0.384. The Balaban J connectivity index is 2.08. The molecule has 0 atom stereocenters. The van der Waals surface area contributed by atoms with E-state index in [1.807, 2.05) is 0 Å². The average Bonchev–Trinajstić information content (AvgIpc) is 2.26. The quantitative estimate of drug-likeness (QED) is 0.593. The molecule has 18 heavy (non-hydrogen) atoms. The van der Waals surface area contributed by atoms with Crippen molar-refractivity contribution in [3.63, 3.8) is 0 Å². The lowest BCUT2D eigenvalue weighted by Gasteiger charge is -2.41. The summed E-state index contributed by atoms with van der Waals surface area (Å²) in [4.78, 5) is 20.7. The maximum Gasteiger partial charge on any atom is 0.307 e. The molecule has 2 N–H and O–H groups in total.